The molecule has 91 valence electrons. The van der Waals surface area contributed by atoms with Crippen LogP contribution in [0.1, 0.15) is 0 Å². The molecule has 16 heavy (non-hydrogen) atoms. The minimum Gasteiger partial charge on any atom is -0.369 e. The standard InChI is InChI=1S/C5H10N10.Cu/c6-1(7)15(2(8)9)5-13-3(10)12-4(11)14-5;/h(H3,6,7)(H3,8,9)(H4,10,11,12,13,14);. The van der Waals surface area contributed by atoms with E-state index in [1.165, 1.54) is 0 Å². The van der Waals surface area contributed by atoms with E-state index < -0.39 is 11.9 Å². The maximum atomic E-state index is 7.16. The molecule has 10 N–H and O–H groups in total. The summed E-state index contributed by atoms with van der Waals surface area (Å²) in [4.78, 5) is 11.6. The molecule has 10 nitrogen and oxygen atoms in total. The summed E-state index contributed by atoms with van der Waals surface area (Å²) in [5.41, 5.74) is 21.0. The molecular formula is C5H10CuN10. The van der Waals surface area contributed by atoms with E-state index in [-0.39, 0.29) is 34.9 Å². The van der Waals surface area contributed by atoms with E-state index in [9.17, 15) is 0 Å². The molecule has 1 radical (unpaired) electrons. The molecule has 0 spiro atoms. The van der Waals surface area contributed by atoms with Crippen LogP contribution in [0.4, 0.5) is 17.8 Å². The van der Waals surface area contributed by atoms with E-state index in [1.807, 2.05) is 0 Å². The maximum absolute atomic E-state index is 7.16. The van der Waals surface area contributed by atoms with E-state index in [2.05, 4.69) is 15.0 Å². The number of rotatable bonds is 1. The summed E-state index contributed by atoms with van der Waals surface area (Å²) in [6.07, 6.45) is 0. The van der Waals surface area contributed by atoms with Gasteiger partial charge in [0.05, 0.1) is 0 Å². The Bertz CT molecular complexity index is 381. The van der Waals surface area contributed by atoms with Crippen molar-refractivity contribution in [2.45, 2.75) is 0 Å². The second-order valence-corrected chi connectivity index (χ2v) is 2.46. The fourth-order valence-electron chi connectivity index (χ4n) is 0.843. The molecule has 0 fully saturated rings. The first-order chi connectivity index (χ1) is 6.91. The second-order valence-electron chi connectivity index (χ2n) is 2.46. The van der Waals surface area contributed by atoms with Gasteiger partial charge in [-0.15, -0.1) is 0 Å². The van der Waals surface area contributed by atoms with Gasteiger partial charge in [-0.25, -0.2) is 4.90 Å². The van der Waals surface area contributed by atoms with E-state index in [0.717, 1.165) is 4.90 Å². The van der Waals surface area contributed by atoms with Crippen LogP contribution in [-0.2, 0) is 17.1 Å². The van der Waals surface area contributed by atoms with Crippen molar-refractivity contribution < 1.29 is 17.1 Å². The van der Waals surface area contributed by atoms with Crippen molar-refractivity contribution in [2.24, 2.45) is 11.5 Å². The quantitative estimate of drug-likeness (QED) is 0.185. The summed E-state index contributed by atoms with van der Waals surface area (Å²) in [5.74, 6) is -1.50. The predicted octanol–water partition coefficient (Wildman–Crippen LogP) is -2.37. The SMILES string of the molecule is N=C(N)N(C(=N)N)c1nc(N)nc(N)n1.[Cu]. The van der Waals surface area contributed by atoms with Crippen LogP contribution in [0.3, 0.4) is 0 Å². The Morgan fingerprint density at radius 2 is 1.31 bits per heavy atom. The molecule has 1 rings (SSSR count). The second kappa shape index (κ2) is 5.09. The van der Waals surface area contributed by atoms with Crippen LogP contribution in [-0.4, -0.2) is 26.9 Å². The third kappa shape index (κ3) is 2.93. The van der Waals surface area contributed by atoms with Crippen molar-refractivity contribution in [1.82, 2.24) is 15.0 Å². The number of nitrogens with one attached hydrogen (secondary N) is 2. The number of anilines is 3. The van der Waals surface area contributed by atoms with Gasteiger partial charge in [-0.1, -0.05) is 0 Å². The van der Waals surface area contributed by atoms with Crippen molar-refractivity contribution in [3.63, 3.8) is 0 Å². The summed E-state index contributed by atoms with van der Waals surface area (Å²) < 4.78 is 0. The normalized spacial score (nSPS) is 9.00. The predicted molar refractivity (Wildman–Crippen MR) is 55.0 cm³/mol. The monoisotopic (exact) mass is 273 g/mol. The Labute approximate surface area is 101 Å². The zero-order chi connectivity index (χ0) is 11.6. The van der Waals surface area contributed by atoms with Gasteiger partial charge in [-0.3, -0.25) is 10.8 Å². The fraction of sp³-hybridized carbons (Fsp3) is 0. The van der Waals surface area contributed by atoms with Crippen LogP contribution in [0.5, 0.6) is 0 Å². The van der Waals surface area contributed by atoms with Gasteiger partial charge in [0.1, 0.15) is 0 Å². The molecule has 0 bridgehead atoms. The van der Waals surface area contributed by atoms with Crippen LogP contribution in [0.2, 0.25) is 0 Å². The molecule has 0 amide bonds. The van der Waals surface area contributed by atoms with Gasteiger partial charge in [0.25, 0.3) is 0 Å². The van der Waals surface area contributed by atoms with Gasteiger partial charge in [0.2, 0.25) is 29.8 Å². The number of nitrogens with zero attached hydrogens (tertiary/aromatic N) is 4. The number of hydrogen-bond acceptors (Lipinski definition) is 7. The Morgan fingerprint density at radius 1 is 0.938 bits per heavy atom. The molecule has 0 aliphatic carbocycles. The molecule has 11 heteroatoms. The van der Waals surface area contributed by atoms with E-state index >= 15 is 0 Å². The minimum absolute atomic E-state index is 0. The minimum atomic E-state index is -0.521. The van der Waals surface area contributed by atoms with Crippen molar-refractivity contribution in [3.05, 3.63) is 0 Å². The van der Waals surface area contributed by atoms with Crippen LogP contribution in [0.25, 0.3) is 0 Å². The number of nitrogens with two attached hydrogens (primary N) is 4. The van der Waals surface area contributed by atoms with Crippen molar-refractivity contribution in [2.75, 3.05) is 16.4 Å². The summed E-state index contributed by atoms with van der Waals surface area (Å²) in [7, 11) is 0. The molecular weight excluding hydrogens is 264 g/mol. The first-order valence-electron chi connectivity index (χ1n) is 3.67. The van der Waals surface area contributed by atoms with Crippen molar-refractivity contribution in [3.8, 4) is 0 Å². The van der Waals surface area contributed by atoms with Crippen molar-refractivity contribution in [1.29, 1.82) is 10.8 Å². The van der Waals surface area contributed by atoms with E-state index in [1.54, 1.807) is 0 Å². The van der Waals surface area contributed by atoms with Gasteiger partial charge < -0.3 is 22.9 Å². The number of hydrogen-bond donors (Lipinski definition) is 6. The zero-order valence-electron chi connectivity index (χ0n) is 7.90. The summed E-state index contributed by atoms with van der Waals surface area (Å²) in [6.45, 7) is 0. The Balaban J connectivity index is 0.00000225. The van der Waals surface area contributed by atoms with Gasteiger partial charge in [0.15, 0.2) is 0 Å². The van der Waals surface area contributed by atoms with Crippen molar-refractivity contribution >= 4 is 29.8 Å². The zero-order valence-corrected chi connectivity index (χ0v) is 8.84. The van der Waals surface area contributed by atoms with Crippen LogP contribution in [0, 0.1) is 10.8 Å². The number of aromatic nitrogens is 3. The Hall–Kier alpha value is -2.13. The molecule has 0 aliphatic rings. The molecule has 0 atom stereocenters. The summed E-state index contributed by atoms with van der Waals surface area (Å²) in [6, 6.07) is 0. The first kappa shape index (κ1) is 13.9. The smallest absolute Gasteiger partial charge is 0.246 e. The van der Waals surface area contributed by atoms with Crippen LogP contribution in [0.15, 0.2) is 0 Å². The molecule has 1 heterocycles. The Kier molecular flexibility index (Phi) is 4.41. The Morgan fingerprint density at radius 3 is 1.62 bits per heavy atom. The van der Waals surface area contributed by atoms with E-state index in [4.69, 9.17) is 33.8 Å². The average Bonchev–Trinajstić information content (AvgIpc) is 1.99. The molecule has 0 unspecified atom stereocenters. The number of nitrogen functional groups attached to an aromatic ring is 2. The van der Waals surface area contributed by atoms with Crippen LogP contribution >= 0.6 is 0 Å². The molecule has 0 saturated heterocycles. The first-order valence-corrected chi connectivity index (χ1v) is 3.67. The topological polar surface area (TPSA) is 194 Å². The molecule has 1 aromatic rings. The van der Waals surface area contributed by atoms with E-state index in [0.29, 0.717) is 0 Å². The van der Waals surface area contributed by atoms with Gasteiger partial charge >= 0.3 is 0 Å². The number of guanidine groups is 2. The maximum Gasteiger partial charge on any atom is 0.246 e. The third-order valence-electron chi connectivity index (χ3n) is 1.34. The largest absolute Gasteiger partial charge is 0.369 e. The molecule has 0 aliphatic heterocycles. The third-order valence-corrected chi connectivity index (χ3v) is 1.34. The summed E-state index contributed by atoms with van der Waals surface area (Å²) >= 11 is 0. The van der Waals surface area contributed by atoms with Gasteiger partial charge in [0, 0.05) is 17.1 Å². The molecule has 0 aromatic carbocycles. The van der Waals surface area contributed by atoms with Gasteiger partial charge in [-0.2, -0.15) is 15.0 Å². The fourth-order valence-corrected chi connectivity index (χ4v) is 0.843. The van der Waals surface area contributed by atoms with Gasteiger partial charge in [-0.05, 0) is 0 Å². The average molecular weight is 274 g/mol. The molecule has 0 saturated carbocycles. The molecule has 1 aromatic heterocycles. The summed E-state index contributed by atoms with van der Waals surface area (Å²) in [5, 5.41) is 14.3. The van der Waals surface area contributed by atoms with Crippen LogP contribution < -0.4 is 27.8 Å².